The quantitative estimate of drug-likeness (QED) is 0.513. The van der Waals surface area contributed by atoms with Gasteiger partial charge in [-0.05, 0) is 31.5 Å². The molecule has 0 radical (unpaired) electrons. The molecule has 0 unspecified atom stereocenters. The molecule has 0 heterocycles. The SMILES string of the molecule is CCOC(=O)C(C#N)=C(N)c1ccc(N(C)CC)cc1.Cl. The number of hydrogen-bond acceptors (Lipinski definition) is 5. The summed E-state index contributed by atoms with van der Waals surface area (Å²) in [5.74, 6) is -0.692. The van der Waals surface area contributed by atoms with Crippen molar-refractivity contribution in [1.29, 1.82) is 5.26 Å². The van der Waals surface area contributed by atoms with Crippen molar-refractivity contribution in [2.45, 2.75) is 13.8 Å². The smallest absolute Gasteiger partial charge is 0.351 e. The van der Waals surface area contributed by atoms with Crippen LogP contribution in [0.25, 0.3) is 5.70 Å². The lowest BCUT2D eigenvalue weighted by molar-refractivity contribution is -0.137. The van der Waals surface area contributed by atoms with Crippen molar-refractivity contribution >= 4 is 29.8 Å². The van der Waals surface area contributed by atoms with Gasteiger partial charge in [0.2, 0.25) is 0 Å². The number of hydrogen-bond donors (Lipinski definition) is 1. The highest BCUT2D eigenvalue weighted by molar-refractivity contribution is 6.01. The molecule has 0 spiro atoms. The van der Waals surface area contributed by atoms with Gasteiger partial charge in [0.1, 0.15) is 6.07 Å². The average molecular weight is 310 g/mol. The lowest BCUT2D eigenvalue weighted by atomic mass is 10.1. The first kappa shape index (κ1) is 18.8. The van der Waals surface area contributed by atoms with Crippen LogP contribution in [0.5, 0.6) is 0 Å². The first-order valence-electron chi connectivity index (χ1n) is 6.43. The van der Waals surface area contributed by atoms with E-state index < -0.39 is 5.97 Å². The van der Waals surface area contributed by atoms with Crippen LogP contribution in [0.4, 0.5) is 5.69 Å². The van der Waals surface area contributed by atoms with Gasteiger partial charge in [0.05, 0.1) is 12.3 Å². The highest BCUT2D eigenvalue weighted by atomic mass is 35.5. The van der Waals surface area contributed by atoms with Gasteiger partial charge in [0.15, 0.2) is 5.57 Å². The van der Waals surface area contributed by atoms with E-state index in [1.165, 1.54) is 0 Å². The van der Waals surface area contributed by atoms with Crippen molar-refractivity contribution in [3.8, 4) is 6.07 Å². The molecule has 0 amide bonds. The Morgan fingerprint density at radius 2 is 1.90 bits per heavy atom. The van der Waals surface area contributed by atoms with Crippen LogP contribution in [0.15, 0.2) is 29.8 Å². The van der Waals surface area contributed by atoms with Gasteiger partial charge >= 0.3 is 5.97 Å². The zero-order valence-corrected chi connectivity index (χ0v) is 13.2. The molecule has 0 fully saturated rings. The standard InChI is InChI=1S/C15H19N3O2.ClH/c1-4-18(3)12-8-6-11(7-9-12)14(17)13(10-16)15(19)20-5-2;/h6-9H,4-5,17H2,1-3H3;1H. The van der Waals surface area contributed by atoms with Gasteiger partial charge in [-0.1, -0.05) is 12.1 Å². The van der Waals surface area contributed by atoms with Gasteiger partial charge in [-0.25, -0.2) is 4.79 Å². The molecule has 0 saturated heterocycles. The van der Waals surface area contributed by atoms with Crippen molar-refractivity contribution in [3.63, 3.8) is 0 Å². The number of nitriles is 1. The van der Waals surface area contributed by atoms with Crippen LogP contribution in [-0.4, -0.2) is 26.2 Å². The van der Waals surface area contributed by atoms with Gasteiger partial charge in [-0.15, -0.1) is 12.4 Å². The Kier molecular flexibility index (Phi) is 7.95. The number of esters is 1. The van der Waals surface area contributed by atoms with Gasteiger partial charge in [-0.3, -0.25) is 0 Å². The Bertz CT molecular complexity index is 547. The minimum Gasteiger partial charge on any atom is -0.462 e. The van der Waals surface area contributed by atoms with E-state index in [9.17, 15) is 4.79 Å². The van der Waals surface area contributed by atoms with Crippen LogP contribution < -0.4 is 10.6 Å². The fourth-order valence-corrected chi connectivity index (χ4v) is 1.64. The lowest BCUT2D eigenvalue weighted by Gasteiger charge is -2.17. The average Bonchev–Trinajstić information content (AvgIpc) is 2.47. The lowest BCUT2D eigenvalue weighted by Crippen LogP contribution is -2.16. The number of halogens is 1. The second-order valence-corrected chi connectivity index (χ2v) is 4.18. The third-order valence-corrected chi connectivity index (χ3v) is 2.95. The van der Waals surface area contributed by atoms with Crippen molar-refractivity contribution in [3.05, 3.63) is 35.4 Å². The molecule has 1 aromatic carbocycles. The number of ether oxygens (including phenoxy) is 1. The summed E-state index contributed by atoms with van der Waals surface area (Å²) in [4.78, 5) is 13.7. The van der Waals surface area contributed by atoms with Crippen LogP contribution in [0.3, 0.4) is 0 Å². The molecule has 0 saturated carbocycles. The zero-order valence-electron chi connectivity index (χ0n) is 12.4. The minimum atomic E-state index is -0.692. The second-order valence-electron chi connectivity index (χ2n) is 4.18. The van der Waals surface area contributed by atoms with E-state index in [0.717, 1.165) is 12.2 Å². The van der Waals surface area contributed by atoms with Gasteiger partial charge in [-0.2, -0.15) is 5.26 Å². The van der Waals surface area contributed by atoms with Crippen LogP contribution in [0.2, 0.25) is 0 Å². The van der Waals surface area contributed by atoms with E-state index in [2.05, 4.69) is 11.8 Å². The summed E-state index contributed by atoms with van der Waals surface area (Å²) >= 11 is 0. The van der Waals surface area contributed by atoms with Crippen LogP contribution >= 0.6 is 12.4 Å². The van der Waals surface area contributed by atoms with Crippen LogP contribution in [0.1, 0.15) is 19.4 Å². The predicted molar refractivity (Wildman–Crippen MR) is 86.0 cm³/mol. The maximum atomic E-state index is 11.6. The number of nitrogens with two attached hydrogens (primary N) is 1. The molecule has 1 rings (SSSR count). The summed E-state index contributed by atoms with van der Waals surface area (Å²) in [5.41, 5.74) is 7.52. The monoisotopic (exact) mass is 309 g/mol. The van der Waals surface area contributed by atoms with Gasteiger partial charge in [0.25, 0.3) is 0 Å². The molecule has 6 heteroatoms. The first-order chi connectivity index (χ1) is 9.54. The fraction of sp³-hybridized carbons (Fsp3) is 0.333. The second kappa shape index (κ2) is 8.88. The molecule has 5 nitrogen and oxygen atoms in total. The van der Waals surface area contributed by atoms with Crippen molar-refractivity contribution in [1.82, 2.24) is 0 Å². The first-order valence-corrected chi connectivity index (χ1v) is 6.43. The third kappa shape index (κ3) is 4.69. The maximum Gasteiger partial charge on any atom is 0.351 e. The summed E-state index contributed by atoms with van der Waals surface area (Å²) in [5, 5.41) is 9.04. The molecule has 21 heavy (non-hydrogen) atoms. The van der Waals surface area contributed by atoms with E-state index in [1.54, 1.807) is 25.1 Å². The molecule has 0 bridgehead atoms. The van der Waals surface area contributed by atoms with E-state index in [4.69, 9.17) is 15.7 Å². The van der Waals surface area contributed by atoms with Crippen LogP contribution in [0, 0.1) is 11.3 Å². The molecule has 0 aromatic heterocycles. The summed E-state index contributed by atoms with van der Waals surface area (Å²) in [6.45, 7) is 4.82. The third-order valence-electron chi connectivity index (χ3n) is 2.95. The molecule has 0 aliphatic rings. The Hall–Kier alpha value is -2.19. The summed E-state index contributed by atoms with van der Waals surface area (Å²) in [6, 6.07) is 9.16. The molecule has 114 valence electrons. The fourth-order valence-electron chi connectivity index (χ4n) is 1.64. The predicted octanol–water partition coefficient (Wildman–Crippen LogP) is 2.32. The number of carbonyl (C=O) groups excluding carboxylic acids is 1. The van der Waals surface area contributed by atoms with Crippen molar-refractivity contribution in [2.75, 3.05) is 25.1 Å². The highest BCUT2D eigenvalue weighted by Crippen LogP contribution is 2.19. The minimum absolute atomic E-state index is 0. The maximum absolute atomic E-state index is 11.6. The molecular weight excluding hydrogens is 290 g/mol. The van der Waals surface area contributed by atoms with Crippen molar-refractivity contribution in [2.24, 2.45) is 5.73 Å². The number of carbonyl (C=O) groups is 1. The number of nitrogens with zero attached hydrogens (tertiary/aromatic N) is 2. The number of rotatable bonds is 5. The van der Waals surface area contributed by atoms with E-state index >= 15 is 0 Å². The Labute approximate surface area is 131 Å². The van der Waals surface area contributed by atoms with E-state index in [0.29, 0.717) is 5.56 Å². The zero-order chi connectivity index (χ0) is 15.1. The summed E-state index contributed by atoms with van der Waals surface area (Å²) in [6.07, 6.45) is 0. The Balaban J connectivity index is 0.00000400. The van der Waals surface area contributed by atoms with Crippen molar-refractivity contribution < 1.29 is 9.53 Å². The summed E-state index contributed by atoms with van der Waals surface area (Å²) in [7, 11) is 1.98. The molecular formula is C15H20ClN3O2. The van der Waals surface area contributed by atoms with Gasteiger partial charge < -0.3 is 15.4 Å². The highest BCUT2D eigenvalue weighted by Gasteiger charge is 2.15. The normalized spacial score (nSPS) is 10.8. The molecule has 2 N–H and O–H groups in total. The number of benzene rings is 1. The van der Waals surface area contributed by atoms with E-state index in [-0.39, 0.29) is 30.3 Å². The summed E-state index contributed by atoms with van der Waals surface area (Å²) < 4.78 is 4.81. The molecule has 1 aromatic rings. The van der Waals surface area contributed by atoms with E-state index in [1.807, 2.05) is 19.2 Å². The molecule has 0 aliphatic heterocycles. The Morgan fingerprint density at radius 1 is 1.33 bits per heavy atom. The molecule has 0 aliphatic carbocycles. The molecule has 0 atom stereocenters. The number of anilines is 1. The topological polar surface area (TPSA) is 79.3 Å². The van der Waals surface area contributed by atoms with Gasteiger partial charge in [0, 0.05) is 19.3 Å². The largest absolute Gasteiger partial charge is 0.462 e. The Morgan fingerprint density at radius 3 is 2.33 bits per heavy atom. The van der Waals surface area contributed by atoms with Crippen LogP contribution in [-0.2, 0) is 9.53 Å².